The molecule has 1 aromatic rings. The van der Waals surface area contributed by atoms with Crippen LogP contribution in [0.4, 0.5) is 0 Å². The molecule has 0 saturated carbocycles. The zero-order valence-corrected chi connectivity index (χ0v) is 13.7. The Bertz CT molecular complexity index is 538. The van der Waals surface area contributed by atoms with Crippen LogP contribution in [0, 0.1) is 26.2 Å². The van der Waals surface area contributed by atoms with Gasteiger partial charge >= 0.3 is 5.97 Å². The third-order valence-electron chi connectivity index (χ3n) is 4.96. The first-order valence-electron chi connectivity index (χ1n) is 7.90. The lowest BCUT2D eigenvalue weighted by Gasteiger charge is -2.24. The summed E-state index contributed by atoms with van der Waals surface area (Å²) in [6.45, 7) is 10.9. The van der Waals surface area contributed by atoms with Gasteiger partial charge in [0, 0.05) is 13.1 Å². The van der Waals surface area contributed by atoms with Gasteiger partial charge in [-0.1, -0.05) is 25.5 Å². The van der Waals surface area contributed by atoms with E-state index in [1.165, 1.54) is 22.3 Å². The minimum atomic E-state index is -0.622. The third-order valence-corrected chi connectivity index (χ3v) is 4.96. The molecule has 1 N–H and O–H groups in total. The SMILES string of the molecule is CCCC1(C(=O)O)CCN(Cc2cc(C)c(C)cc2C)C1. The fourth-order valence-electron chi connectivity index (χ4n) is 3.49. The molecule has 3 heteroatoms. The molecule has 1 saturated heterocycles. The molecule has 1 aromatic carbocycles. The quantitative estimate of drug-likeness (QED) is 0.898. The summed E-state index contributed by atoms with van der Waals surface area (Å²) in [5.74, 6) is -0.622. The van der Waals surface area contributed by atoms with Gasteiger partial charge < -0.3 is 5.11 Å². The fraction of sp³-hybridized carbons (Fsp3) is 0.611. The number of benzene rings is 1. The van der Waals surface area contributed by atoms with Crippen molar-refractivity contribution in [3.05, 3.63) is 34.4 Å². The van der Waals surface area contributed by atoms with Gasteiger partial charge in [0.05, 0.1) is 5.41 Å². The second-order valence-corrected chi connectivity index (χ2v) is 6.66. The van der Waals surface area contributed by atoms with Crippen molar-refractivity contribution in [1.82, 2.24) is 4.90 Å². The number of aryl methyl sites for hydroxylation is 3. The summed E-state index contributed by atoms with van der Waals surface area (Å²) in [6, 6.07) is 4.49. The van der Waals surface area contributed by atoms with E-state index in [9.17, 15) is 9.90 Å². The van der Waals surface area contributed by atoms with Crippen LogP contribution in [0.15, 0.2) is 12.1 Å². The lowest BCUT2D eigenvalue weighted by molar-refractivity contribution is -0.148. The molecule has 0 aliphatic carbocycles. The lowest BCUT2D eigenvalue weighted by Crippen LogP contribution is -2.34. The summed E-state index contributed by atoms with van der Waals surface area (Å²) in [6.07, 6.45) is 2.49. The lowest BCUT2D eigenvalue weighted by atomic mass is 9.83. The third kappa shape index (κ3) is 3.29. The van der Waals surface area contributed by atoms with Crippen LogP contribution in [0.3, 0.4) is 0 Å². The first-order chi connectivity index (χ1) is 9.88. The molecular formula is C18H27NO2. The van der Waals surface area contributed by atoms with Crippen LogP contribution in [-0.4, -0.2) is 29.1 Å². The van der Waals surface area contributed by atoms with Crippen molar-refractivity contribution >= 4 is 5.97 Å². The number of rotatable bonds is 5. The summed E-state index contributed by atoms with van der Waals surface area (Å²) in [5, 5.41) is 9.59. The van der Waals surface area contributed by atoms with Gasteiger partial charge in [-0.05, 0) is 62.4 Å². The van der Waals surface area contributed by atoms with E-state index in [1.807, 2.05) is 0 Å². The normalized spacial score (nSPS) is 22.7. The molecule has 116 valence electrons. The van der Waals surface area contributed by atoms with Crippen LogP contribution >= 0.6 is 0 Å². The van der Waals surface area contributed by atoms with Crippen LogP contribution < -0.4 is 0 Å². The molecule has 21 heavy (non-hydrogen) atoms. The molecule has 2 rings (SSSR count). The Hall–Kier alpha value is -1.35. The van der Waals surface area contributed by atoms with Crippen LogP contribution in [-0.2, 0) is 11.3 Å². The zero-order valence-electron chi connectivity index (χ0n) is 13.7. The Labute approximate surface area is 128 Å². The van der Waals surface area contributed by atoms with Crippen molar-refractivity contribution in [3.8, 4) is 0 Å². The Morgan fingerprint density at radius 1 is 1.24 bits per heavy atom. The maximum atomic E-state index is 11.7. The van der Waals surface area contributed by atoms with Gasteiger partial charge in [0.25, 0.3) is 0 Å². The average Bonchev–Trinajstić information content (AvgIpc) is 2.81. The van der Waals surface area contributed by atoms with Crippen molar-refractivity contribution in [2.24, 2.45) is 5.41 Å². The van der Waals surface area contributed by atoms with Crippen molar-refractivity contribution in [2.75, 3.05) is 13.1 Å². The maximum absolute atomic E-state index is 11.7. The van der Waals surface area contributed by atoms with Gasteiger partial charge in [-0.25, -0.2) is 0 Å². The molecule has 0 bridgehead atoms. The first kappa shape index (κ1) is 16.0. The van der Waals surface area contributed by atoms with Gasteiger partial charge in [0.1, 0.15) is 0 Å². The minimum absolute atomic E-state index is 0.525. The number of carboxylic acid groups (broad SMARTS) is 1. The number of aliphatic carboxylic acids is 1. The second kappa shape index (κ2) is 6.18. The monoisotopic (exact) mass is 289 g/mol. The molecule has 1 atom stereocenters. The second-order valence-electron chi connectivity index (χ2n) is 6.66. The highest BCUT2D eigenvalue weighted by atomic mass is 16.4. The maximum Gasteiger partial charge on any atom is 0.310 e. The Balaban J connectivity index is 2.12. The van der Waals surface area contributed by atoms with Gasteiger partial charge in [-0.2, -0.15) is 0 Å². The number of carboxylic acids is 1. The standard InChI is InChI=1S/C18H27NO2/c1-5-6-18(17(20)21)7-8-19(12-18)11-16-10-14(3)13(2)9-15(16)4/h9-10H,5-8,11-12H2,1-4H3,(H,20,21). The Morgan fingerprint density at radius 3 is 2.52 bits per heavy atom. The van der Waals surface area contributed by atoms with E-state index in [1.54, 1.807) is 0 Å². The summed E-state index contributed by atoms with van der Waals surface area (Å²) in [5.41, 5.74) is 4.75. The highest BCUT2D eigenvalue weighted by Crippen LogP contribution is 2.36. The molecule has 0 radical (unpaired) electrons. The molecule has 1 aliphatic rings. The Morgan fingerprint density at radius 2 is 1.90 bits per heavy atom. The van der Waals surface area contributed by atoms with Crippen LogP contribution in [0.25, 0.3) is 0 Å². The molecule has 1 fully saturated rings. The van der Waals surface area contributed by atoms with Crippen LogP contribution in [0.1, 0.15) is 48.4 Å². The summed E-state index contributed by atoms with van der Waals surface area (Å²) in [4.78, 5) is 14.0. The van der Waals surface area contributed by atoms with Crippen molar-refractivity contribution in [3.63, 3.8) is 0 Å². The highest BCUT2D eigenvalue weighted by molar-refractivity contribution is 5.75. The summed E-state index contributed by atoms with van der Waals surface area (Å²) < 4.78 is 0. The molecule has 1 heterocycles. The summed E-state index contributed by atoms with van der Waals surface area (Å²) in [7, 11) is 0. The smallest absolute Gasteiger partial charge is 0.310 e. The number of hydrogen-bond acceptors (Lipinski definition) is 2. The largest absolute Gasteiger partial charge is 0.481 e. The molecule has 1 aliphatic heterocycles. The van der Waals surface area contributed by atoms with E-state index in [-0.39, 0.29) is 0 Å². The fourth-order valence-corrected chi connectivity index (χ4v) is 3.49. The molecule has 0 spiro atoms. The van der Waals surface area contributed by atoms with E-state index >= 15 is 0 Å². The van der Waals surface area contributed by atoms with E-state index in [0.29, 0.717) is 6.54 Å². The highest BCUT2D eigenvalue weighted by Gasteiger charge is 2.43. The molecule has 0 aromatic heterocycles. The molecule has 1 unspecified atom stereocenters. The Kier molecular flexibility index (Phi) is 4.72. The van der Waals surface area contributed by atoms with Gasteiger partial charge in [-0.15, -0.1) is 0 Å². The van der Waals surface area contributed by atoms with E-state index in [0.717, 1.165) is 32.4 Å². The first-order valence-corrected chi connectivity index (χ1v) is 7.90. The topological polar surface area (TPSA) is 40.5 Å². The zero-order chi connectivity index (χ0) is 15.6. The number of carbonyl (C=O) groups is 1. The van der Waals surface area contributed by atoms with Gasteiger partial charge in [-0.3, -0.25) is 9.69 Å². The molecule has 3 nitrogen and oxygen atoms in total. The molecular weight excluding hydrogens is 262 g/mol. The number of likely N-dealkylation sites (tertiary alicyclic amines) is 1. The predicted molar refractivity (Wildman–Crippen MR) is 85.5 cm³/mol. The minimum Gasteiger partial charge on any atom is -0.481 e. The van der Waals surface area contributed by atoms with Crippen LogP contribution in [0.5, 0.6) is 0 Å². The number of hydrogen-bond donors (Lipinski definition) is 1. The van der Waals surface area contributed by atoms with Gasteiger partial charge in [0.15, 0.2) is 0 Å². The molecule has 0 amide bonds. The van der Waals surface area contributed by atoms with E-state index in [2.05, 4.69) is 44.7 Å². The average molecular weight is 289 g/mol. The summed E-state index contributed by atoms with van der Waals surface area (Å²) >= 11 is 0. The van der Waals surface area contributed by atoms with E-state index < -0.39 is 11.4 Å². The predicted octanol–water partition coefficient (Wildman–Crippen LogP) is 3.69. The van der Waals surface area contributed by atoms with Crippen LogP contribution in [0.2, 0.25) is 0 Å². The van der Waals surface area contributed by atoms with Crippen molar-refractivity contribution in [1.29, 1.82) is 0 Å². The van der Waals surface area contributed by atoms with Crippen molar-refractivity contribution < 1.29 is 9.90 Å². The van der Waals surface area contributed by atoms with E-state index in [4.69, 9.17) is 0 Å². The van der Waals surface area contributed by atoms with Crippen molar-refractivity contribution in [2.45, 2.75) is 53.5 Å². The van der Waals surface area contributed by atoms with Gasteiger partial charge in [0.2, 0.25) is 0 Å². The number of nitrogens with zero attached hydrogens (tertiary/aromatic N) is 1.